The number of fused-ring (bicyclic) bond motifs is 1. The minimum Gasteiger partial charge on any atom is -0.481 e. The molecule has 0 amide bonds. The molecule has 1 aliphatic heterocycles. The summed E-state index contributed by atoms with van der Waals surface area (Å²) in [6.45, 7) is 5.39. The van der Waals surface area contributed by atoms with Crippen molar-refractivity contribution in [3.05, 3.63) is 42.1 Å². The fourth-order valence-corrected chi connectivity index (χ4v) is 4.95. The number of carboxylic acids is 1. The van der Waals surface area contributed by atoms with Crippen LogP contribution in [0.4, 0.5) is 17.3 Å². The molecule has 2 aromatic heterocycles. The van der Waals surface area contributed by atoms with Gasteiger partial charge in [0, 0.05) is 44.5 Å². The van der Waals surface area contributed by atoms with Gasteiger partial charge in [-0.05, 0) is 43.0 Å². The Morgan fingerprint density at radius 1 is 1.18 bits per heavy atom. The van der Waals surface area contributed by atoms with Gasteiger partial charge in [-0.25, -0.2) is 17.7 Å². The van der Waals surface area contributed by atoms with E-state index in [0.29, 0.717) is 37.4 Å². The zero-order chi connectivity index (χ0) is 24.6. The summed E-state index contributed by atoms with van der Waals surface area (Å²) in [5.41, 5.74) is 2.46. The molecule has 0 atom stereocenters. The lowest BCUT2D eigenvalue weighted by molar-refractivity contribution is -0.142. The van der Waals surface area contributed by atoms with Gasteiger partial charge in [0.05, 0.1) is 17.0 Å². The number of carboxylic acid groups (broad SMARTS) is 1. The van der Waals surface area contributed by atoms with Gasteiger partial charge < -0.3 is 15.3 Å². The van der Waals surface area contributed by atoms with E-state index >= 15 is 0 Å². The van der Waals surface area contributed by atoms with Crippen LogP contribution in [-0.4, -0.2) is 65.6 Å². The van der Waals surface area contributed by atoms with Crippen LogP contribution < -0.4 is 10.2 Å². The third kappa shape index (κ3) is 4.58. The van der Waals surface area contributed by atoms with Gasteiger partial charge in [0.25, 0.3) is 0 Å². The smallest absolute Gasteiger partial charge is 0.306 e. The van der Waals surface area contributed by atoms with Crippen molar-refractivity contribution in [3.8, 4) is 0 Å². The number of aromatic nitrogens is 3. The van der Waals surface area contributed by atoms with Gasteiger partial charge in [-0.3, -0.25) is 4.79 Å². The van der Waals surface area contributed by atoms with Gasteiger partial charge in [0.15, 0.2) is 5.65 Å². The second kappa shape index (κ2) is 9.22. The molecule has 0 unspecified atom stereocenters. The van der Waals surface area contributed by atoms with E-state index in [4.69, 9.17) is 4.98 Å². The van der Waals surface area contributed by atoms with Crippen LogP contribution in [0, 0.1) is 5.92 Å². The zero-order valence-corrected chi connectivity index (χ0v) is 20.6. The zero-order valence-electron chi connectivity index (χ0n) is 19.8. The molecule has 3 aromatic rings. The molecule has 1 aliphatic rings. The van der Waals surface area contributed by atoms with Crippen molar-refractivity contribution < 1.29 is 18.3 Å². The number of nitrogens with zero attached hydrogens (tertiary/aromatic N) is 5. The molecule has 3 heterocycles. The third-order valence-electron chi connectivity index (χ3n) is 6.18. The minimum atomic E-state index is -3.51. The molecule has 0 saturated carbocycles. The van der Waals surface area contributed by atoms with E-state index in [1.165, 1.54) is 18.4 Å². The Morgan fingerprint density at radius 3 is 2.38 bits per heavy atom. The maximum Gasteiger partial charge on any atom is 0.306 e. The van der Waals surface area contributed by atoms with E-state index in [1.54, 1.807) is 28.8 Å². The Labute approximate surface area is 199 Å². The van der Waals surface area contributed by atoms with Crippen LogP contribution in [0.25, 0.3) is 5.65 Å². The van der Waals surface area contributed by atoms with Crippen molar-refractivity contribution in [2.45, 2.75) is 37.5 Å². The molecule has 11 heteroatoms. The fraction of sp³-hybridized carbons (Fsp3) is 0.435. The highest BCUT2D eigenvalue weighted by Gasteiger charge is 2.26. The normalized spacial score (nSPS) is 15.4. The number of carbonyl (C=O) groups is 1. The lowest BCUT2D eigenvalue weighted by Crippen LogP contribution is -2.36. The predicted octanol–water partition coefficient (Wildman–Crippen LogP) is 3.15. The highest BCUT2D eigenvalue weighted by Crippen LogP contribution is 2.30. The summed E-state index contributed by atoms with van der Waals surface area (Å²) in [6.07, 6.45) is 2.96. The van der Waals surface area contributed by atoms with Crippen molar-refractivity contribution in [1.82, 2.24) is 18.9 Å². The summed E-state index contributed by atoms with van der Waals surface area (Å²) < 4.78 is 27.7. The van der Waals surface area contributed by atoms with E-state index in [9.17, 15) is 18.3 Å². The molecular formula is C23H30N6O4S. The highest BCUT2D eigenvalue weighted by molar-refractivity contribution is 7.89. The van der Waals surface area contributed by atoms with Gasteiger partial charge in [-0.2, -0.15) is 9.61 Å². The summed E-state index contributed by atoms with van der Waals surface area (Å²) in [4.78, 5) is 18.5. The summed E-state index contributed by atoms with van der Waals surface area (Å²) in [5.74, 6) is 0.601. The van der Waals surface area contributed by atoms with Crippen LogP contribution in [-0.2, 0) is 14.8 Å². The van der Waals surface area contributed by atoms with Gasteiger partial charge in [-0.15, -0.1) is 0 Å². The first-order valence-electron chi connectivity index (χ1n) is 11.2. The number of anilines is 3. The Balaban J connectivity index is 1.68. The molecule has 1 saturated heterocycles. The van der Waals surface area contributed by atoms with Crippen molar-refractivity contribution >= 4 is 39.0 Å². The van der Waals surface area contributed by atoms with Gasteiger partial charge in [0.1, 0.15) is 11.6 Å². The molecule has 0 radical (unpaired) electrons. The number of piperidine rings is 1. The topological polar surface area (TPSA) is 120 Å². The number of aliphatic carboxylic acids is 1. The average Bonchev–Trinajstić information content (AvgIpc) is 3.24. The molecular weight excluding hydrogens is 456 g/mol. The van der Waals surface area contributed by atoms with Crippen LogP contribution in [0.3, 0.4) is 0 Å². The number of nitrogens with one attached hydrogen (secondary N) is 1. The van der Waals surface area contributed by atoms with Crippen molar-refractivity contribution in [2.75, 3.05) is 37.4 Å². The number of hydrogen-bond donors (Lipinski definition) is 2. The first-order chi connectivity index (χ1) is 16.1. The number of rotatable bonds is 7. The van der Waals surface area contributed by atoms with E-state index in [2.05, 4.69) is 29.2 Å². The number of sulfonamides is 1. The molecule has 4 rings (SSSR count). The predicted molar refractivity (Wildman–Crippen MR) is 130 cm³/mol. The molecule has 1 fully saturated rings. The van der Waals surface area contributed by atoms with Crippen LogP contribution in [0.1, 0.15) is 38.2 Å². The standard InChI is InChI=1S/C23H30N6O4S/c1-15(2)19-14-24-29-21(25-17-5-7-18(8-6-17)34(32,33)27(3)4)13-20(26-22(19)29)28-11-9-16(10-12-28)23(30)31/h5-8,13-16,25H,9-12H2,1-4H3,(H,30,31). The Hall–Kier alpha value is -3.18. The Kier molecular flexibility index (Phi) is 6.50. The van der Waals surface area contributed by atoms with E-state index in [-0.39, 0.29) is 16.7 Å². The van der Waals surface area contributed by atoms with Crippen molar-refractivity contribution in [2.24, 2.45) is 5.92 Å². The lowest BCUT2D eigenvalue weighted by atomic mass is 9.97. The SMILES string of the molecule is CC(C)c1cnn2c(Nc3ccc(S(=O)(=O)N(C)C)cc3)cc(N3CCC(C(=O)O)CC3)nc12. The van der Waals surface area contributed by atoms with Crippen LogP contribution in [0.15, 0.2) is 41.4 Å². The largest absolute Gasteiger partial charge is 0.481 e. The first kappa shape index (κ1) is 24.0. The lowest BCUT2D eigenvalue weighted by Gasteiger charge is -2.31. The molecule has 34 heavy (non-hydrogen) atoms. The van der Waals surface area contributed by atoms with E-state index in [1.807, 2.05) is 12.3 Å². The molecule has 0 bridgehead atoms. The maximum absolute atomic E-state index is 12.4. The Morgan fingerprint density at radius 2 is 1.82 bits per heavy atom. The monoisotopic (exact) mass is 486 g/mol. The van der Waals surface area contributed by atoms with Gasteiger partial charge in [0.2, 0.25) is 10.0 Å². The number of benzene rings is 1. The first-order valence-corrected chi connectivity index (χ1v) is 12.7. The third-order valence-corrected chi connectivity index (χ3v) is 8.01. The second-order valence-electron chi connectivity index (χ2n) is 9.03. The molecule has 182 valence electrons. The second-order valence-corrected chi connectivity index (χ2v) is 11.2. The van der Waals surface area contributed by atoms with Gasteiger partial charge >= 0.3 is 5.97 Å². The molecule has 10 nitrogen and oxygen atoms in total. The molecule has 2 N–H and O–H groups in total. The highest BCUT2D eigenvalue weighted by atomic mass is 32.2. The molecule has 1 aromatic carbocycles. The van der Waals surface area contributed by atoms with Crippen molar-refractivity contribution in [1.29, 1.82) is 0 Å². The van der Waals surface area contributed by atoms with Crippen LogP contribution >= 0.6 is 0 Å². The minimum absolute atomic E-state index is 0.214. The Bertz CT molecular complexity index is 1290. The van der Waals surface area contributed by atoms with Crippen LogP contribution in [0.2, 0.25) is 0 Å². The maximum atomic E-state index is 12.4. The number of hydrogen-bond acceptors (Lipinski definition) is 7. The van der Waals surface area contributed by atoms with Gasteiger partial charge in [-0.1, -0.05) is 13.8 Å². The summed E-state index contributed by atoms with van der Waals surface area (Å²) in [7, 11) is -0.510. The summed E-state index contributed by atoms with van der Waals surface area (Å²) >= 11 is 0. The van der Waals surface area contributed by atoms with E-state index in [0.717, 1.165) is 17.0 Å². The quantitative estimate of drug-likeness (QED) is 0.523. The fourth-order valence-electron chi connectivity index (χ4n) is 4.05. The summed E-state index contributed by atoms with van der Waals surface area (Å²) in [6, 6.07) is 8.46. The van der Waals surface area contributed by atoms with Crippen LogP contribution in [0.5, 0.6) is 0 Å². The summed E-state index contributed by atoms with van der Waals surface area (Å²) in [5, 5.41) is 17.2. The molecule has 0 spiro atoms. The average molecular weight is 487 g/mol. The molecule has 0 aliphatic carbocycles. The van der Waals surface area contributed by atoms with Crippen molar-refractivity contribution in [3.63, 3.8) is 0 Å². The van der Waals surface area contributed by atoms with E-state index < -0.39 is 16.0 Å².